The van der Waals surface area contributed by atoms with Gasteiger partial charge in [-0.05, 0) is 24.3 Å². The zero-order chi connectivity index (χ0) is 18.6. The van der Waals surface area contributed by atoms with Crippen LogP contribution in [0.2, 0.25) is 0 Å². The zero-order valence-corrected chi connectivity index (χ0v) is 14.7. The number of ether oxygens (including phenoxy) is 1. The van der Waals surface area contributed by atoms with Crippen molar-refractivity contribution in [3.05, 3.63) is 59.1 Å². The molecule has 1 amide bonds. The summed E-state index contributed by atoms with van der Waals surface area (Å²) in [7, 11) is 0. The van der Waals surface area contributed by atoms with Gasteiger partial charge >= 0.3 is 0 Å². The van der Waals surface area contributed by atoms with E-state index in [4.69, 9.17) is 4.74 Å². The third kappa shape index (κ3) is 3.80. The number of fused-ring (bicyclic) bond motifs is 1. The number of carbonyl (C=O) groups excluding carboxylic acids is 1. The van der Waals surface area contributed by atoms with E-state index in [9.17, 15) is 9.59 Å². The summed E-state index contributed by atoms with van der Waals surface area (Å²) in [5.41, 5.74) is 1.96. The normalized spacial score (nSPS) is 14.3. The number of anilines is 2. The van der Waals surface area contributed by atoms with E-state index in [0.717, 1.165) is 18.8 Å². The van der Waals surface area contributed by atoms with Gasteiger partial charge in [0.05, 0.1) is 42.3 Å². The molecule has 8 heteroatoms. The molecule has 4 rings (SSSR count). The fourth-order valence-corrected chi connectivity index (χ4v) is 3.07. The van der Waals surface area contributed by atoms with Crippen LogP contribution in [0.15, 0.2) is 53.6 Å². The van der Waals surface area contributed by atoms with Gasteiger partial charge in [0.25, 0.3) is 5.56 Å². The molecule has 1 aliphatic heterocycles. The molecule has 0 spiro atoms. The predicted molar refractivity (Wildman–Crippen MR) is 102 cm³/mol. The predicted octanol–water partition coefficient (Wildman–Crippen LogP) is 1.27. The number of aromatic nitrogens is 3. The summed E-state index contributed by atoms with van der Waals surface area (Å²) >= 11 is 0. The van der Waals surface area contributed by atoms with Crippen LogP contribution in [0.25, 0.3) is 11.0 Å². The molecule has 3 aromatic rings. The highest BCUT2D eigenvalue weighted by Crippen LogP contribution is 2.16. The van der Waals surface area contributed by atoms with Gasteiger partial charge < -0.3 is 15.0 Å². The monoisotopic (exact) mass is 365 g/mol. The summed E-state index contributed by atoms with van der Waals surface area (Å²) in [6.07, 6.45) is 2.96. The molecule has 0 aliphatic carbocycles. The van der Waals surface area contributed by atoms with Gasteiger partial charge in [0, 0.05) is 13.1 Å². The number of hydrogen-bond acceptors (Lipinski definition) is 6. The first-order chi connectivity index (χ1) is 13.2. The molecule has 138 valence electrons. The zero-order valence-electron chi connectivity index (χ0n) is 14.7. The third-order valence-electron chi connectivity index (χ3n) is 4.45. The molecule has 8 nitrogen and oxygen atoms in total. The van der Waals surface area contributed by atoms with E-state index in [1.165, 1.54) is 10.8 Å². The van der Waals surface area contributed by atoms with Crippen LogP contribution < -0.4 is 15.8 Å². The lowest BCUT2D eigenvalue weighted by Gasteiger charge is -2.28. The molecule has 1 fully saturated rings. The number of amides is 1. The topological polar surface area (TPSA) is 89.4 Å². The maximum absolute atomic E-state index is 12.4. The fourth-order valence-electron chi connectivity index (χ4n) is 3.07. The van der Waals surface area contributed by atoms with E-state index < -0.39 is 0 Å². The van der Waals surface area contributed by atoms with E-state index in [1.54, 1.807) is 24.4 Å². The summed E-state index contributed by atoms with van der Waals surface area (Å²) in [5.74, 6) is 0.128. The van der Waals surface area contributed by atoms with Crippen LogP contribution in [0.5, 0.6) is 0 Å². The highest BCUT2D eigenvalue weighted by molar-refractivity contribution is 5.90. The van der Waals surface area contributed by atoms with Crippen molar-refractivity contribution in [3.8, 4) is 0 Å². The van der Waals surface area contributed by atoms with Gasteiger partial charge in [-0.15, -0.1) is 0 Å². The molecule has 1 saturated heterocycles. The highest BCUT2D eigenvalue weighted by atomic mass is 16.5. The van der Waals surface area contributed by atoms with Crippen molar-refractivity contribution in [2.24, 2.45) is 0 Å². The van der Waals surface area contributed by atoms with E-state index in [0.29, 0.717) is 30.1 Å². The van der Waals surface area contributed by atoms with Gasteiger partial charge in [-0.1, -0.05) is 12.1 Å². The van der Waals surface area contributed by atoms with E-state index in [1.807, 2.05) is 18.2 Å². The summed E-state index contributed by atoms with van der Waals surface area (Å²) in [6, 6.07) is 10.9. The molecule has 1 aliphatic rings. The number of hydrogen-bond donors (Lipinski definition) is 1. The van der Waals surface area contributed by atoms with Crippen molar-refractivity contribution in [2.75, 3.05) is 36.5 Å². The largest absolute Gasteiger partial charge is 0.378 e. The van der Waals surface area contributed by atoms with Crippen molar-refractivity contribution in [3.63, 3.8) is 0 Å². The Balaban J connectivity index is 1.47. The average Bonchev–Trinajstić information content (AvgIpc) is 2.71. The number of morpholine rings is 1. The Labute approximate surface area is 155 Å². The molecule has 3 heterocycles. The van der Waals surface area contributed by atoms with Gasteiger partial charge in [-0.2, -0.15) is 0 Å². The molecule has 1 N–H and O–H groups in total. The quantitative estimate of drug-likeness (QED) is 0.749. The van der Waals surface area contributed by atoms with Crippen LogP contribution in [0.4, 0.5) is 11.5 Å². The lowest BCUT2D eigenvalue weighted by atomic mass is 10.3. The first kappa shape index (κ1) is 17.2. The van der Waals surface area contributed by atoms with Crippen molar-refractivity contribution >= 4 is 28.4 Å². The molecule has 27 heavy (non-hydrogen) atoms. The second-order valence-corrected chi connectivity index (χ2v) is 6.22. The van der Waals surface area contributed by atoms with E-state index >= 15 is 0 Å². The maximum atomic E-state index is 12.4. The number of nitrogens with zero attached hydrogens (tertiary/aromatic N) is 4. The lowest BCUT2D eigenvalue weighted by molar-refractivity contribution is -0.116. The van der Waals surface area contributed by atoms with Crippen molar-refractivity contribution < 1.29 is 9.53 Å². The minimum Gasteiger partial charge on any atom is -0.378 e. The van der Waals surface area contributed by atoms with Crippen LogP contribution in [-0.2, 0) is 16.1 Å². The smallest absolute Gasteiger partial charge is 0.269 e. The summed E-state index contributed by atoms with van der Waals surface area (Å²) in [6.45, 7) is 2.95. The van der Waals surface area contributed by atoms with Crippen LogP contribution in [-0.4, -0.2) is 46.7 Å². The molecule has 0 unspecified atom stereocenters. The number of para-hydroxylation sites is 2. The molecule has 0 atom stereocenters. The molecule has 1 aromatic carbocycles. The van der Waals surface area contributed by atoms with Gasteiger partial charge in [0.15, 0.2) is 0 Å². The molecule has 0 radical (unpaired) electrons. The highest BCUT2D eigenvalue weighted by Gasteiger charge is 2.13. The first-order valence-corrected chi connectivity index (χ1v) is 8.74. The van der Waals surface area contributed by atoms with Crippen LogP contribution in [0.3, 0.4) is 0 Å². The van der Waals surface area contributed by atoms with Gasteiger partial charge in [-0.3, -0.25) is 14.2 Å². The Kier molecular flexibility index (Phi) is 4.80. The van der Waals surface area contributed by atoms with Crippen LogP contribution in [0.1, 0.15) is 0 Å². The van der Waals surface area contributed by atoms with E-state index in [-0.39, 0.29) is 18.0 Å². The van der Waals surface area contributed by atoms with Gasteiger partial charge in [0.1, 0.15) is 12.4 Å². The molecular weight excluding hydrogens is 346 g/mol. The minimum atomic E-state index is -0.320. The number of nitrogens with one attached hydrogen (secondary N) is 1. The molecular formula is C19H19N5O3. The van der Waals surface area contributed by atoms with Gasteiger partial charge in [-0.25, -0.2) is 9.97 Å². The molecule has 0 saturated carbocycles. The first-order valence-electron chi connectivity index (χ1n) is 8.74. The second-order valence-electron chi connectivity index (χ2n) is 6.22. The molecule has 2 aromatic heterocycles. The van der Waals surface area contributed by atoms with Crippen molar-refractivity contribution in [1.29, 1.82) is 0 Å². The summed E-state index contributed by atoms with van der Waals surface area (Å²) in [5, 5.41) is 2.74. The standard InChI is InChI=1S/C19H19N5O3/c25-18(13-24-16-4-2-1-3-15(16)20-12-19(24)26)22-17-6-5-14(11-21-17)23-7-9-27-10-8-23/h1-6,11-12H,7-10,13H2,(H,21,22,25). The minimum absolute atomic E-state index is 0.102. The number of pyridine rings is 1. The number of carbonyl (C=O) groups is 1. The number of rotatable bonds is 4. The lowest BCUT2D eigenvalue weighted by Crippen LogP contribution is -2.36. The summed E-state index contributed by atoms with van der Waals surface area (Å²) < 4.78 is 6.75. The Morgan fingerprint density at radius 2 is 1.89 bits per heavy atom. The molecule has 0 bridgehead atoms. The van der Waals surface area contributed by atoms with Gasteiger partial charge in [0.2, 0.25) is 5.91 Å². The van der Waals surface area contributed by atoms with Crippen molar-refractivity contribution in [2.45, 2.75) is 6.54 Å². The van der Waals surface area contributed by atoms with Crippen LogP contribution >= 0.6 is 0 Å². The Hall–Kier alpha value is -3.26. The fraction of sp³-hybridized carbons (Fsp3) is 0.263. The van der Waals surface area contributed by atoms with Crippen LogP contribution in [0, 0.1) is 0 Å². The second kappa shape index (κ2) is 7.55. The number of benzene rings is 1. The Morgan fingerprint density at radius 3 is 2.67 bits per heavy atom. The Morgan fingerprint density at radius 1 is 1.07 bits per heavy atom. The third-order valence-corrected chi connectivity index (χ3v) is 4.45. The Bertz CT molecular complexity index is 1010. The average molecular weight is 365 g/mol. The van der Waals surface area contributed by atoms with Crippen molar-refractivity contribution in [1.82, 2.24) is 14.5 Å². The maximum Gasteiger partial charge on any atom is 0.269 e. The van der Waals surface area contributed by atoms with E-state index in [2.05, 4.69) is 20.2 Å². The SMILES string of the molecule is O=C(Cn1c(=O)cnc2ccccc21)Nc1ccc(N2CCOCC2)cn1. The summed E-state index contributed by atoms with van der Waals surface area (Å²) in [4.78, 5) is 35.1.